The Morgan fingerprint density at radius 2 is 1.76 bits per heavy atom. The van der Waals surface area contributed by atoms with E-state index in [0.29, 0.717) is 22.0 Å². The summed E-state index contributed by atoms with van der Waals surface area (Å²) in [5, 5.41) is 0.408. The van der Waals surface area contributed by atoms with Gasteiger partial charge in [-0.3, -0.25) is 0 Å². The SMILES string of the molecule is CCC.NC1=Nc2cc(F)ccc2N(CC(F)F)c2ccc(Cl)cc21. The predicted molar refractivity (Wildman–Crippen MR) is 97.2 cm³/mol. The van der Waals surface area contributed by atoms with Gasteiger partial charge in [-0.1, -0.05) is 31.9 Å². The lowest BCUT2D eigenvalue weighted by Crippen LogP contribution is -2.25. The van der Waals surface area contributed by atoms with Crippen molar-refractivity contribution in [1.82, 2.24) is 0 Å². The summed E-state index contributed by atoms with van der Waals surface area (Å²) in [7, 11) is 0. The Bertz CT molecular complexity index is 778. The van der Waals surface area contributed by atoms with Gasteiger partial charge in [0.1, 0.15) is 11.7 Å². The van der Waals surface area contributed by atoms with Gasteiger partial charge in [0.2, 0.25) is 0 Å². The Balaban J connectivity index is 0.000000701. The fraction of sp³-hybridized carbons (Fsp3) is 0.278. The van der Waals surface area contributed by atoms with E-state index in [1.807, 2.05) is 0 Å². The number of fused-ring (bicyclic) bond motifs is 2. The van der Waals surface area contributed by atoms with Crippen LogP contribution in [0.15, 0.2) is 41.4 Å². The van der Waals surface area contributed by atoms with Crippen LogP contribution in [0.25, 0.3) is 0 Å². The summed E-state index contributed by atoms with van der Waals surface area (Å²) in [6.07, 6.45) is -1.33. The predicted octanol–water partition coefficient (Wildman–Crippen LogP) is 5.65. The molecule has 0 spiro atoms. The van der Waals surface area contributed by atoms with Gasteiger partial charge in [-0.05, 0) is 30.3 Å². The Hall–Kier alpha value is -2.21. The average molecular weight is 370 g/mol. The number of rotatable bonds is 2. The van der Waals surface area contributed by atoms with Crippen LogP contribution < -0.4 is 10.6 Å². The Kier molecular flexibility index (Phi) is 6.31. The van der Waals surface area contributed by atoms with Gasteiger partial charge in [0.05, 0.1) is 23.6 Å². The van der Waals surface area contributed by atoms with E-state index in [4.69, 9.17) is 17.3 Å². The first-order chi connectivity index (χ1) is 11.9. The zero-order chi connectivity index (χ0) is 18.6. The monoisotopic (exact) mass is 369 g/mol. The van der Waals surface area contributed by atoms with Gasteiger partial charge in [0, 0.05) is 16.7 Å². The van der Waals surface area contributed by atoms with Crippen molar-refractivity contribution in [3.05, 3.63) is 52.8 Å². The zero-order valence-corrected chi connectivity index (χ0v) is 14.7. The number of nitrogens with two attached hydrogens (primary N) is 1. The van der Waals surface area contributed by atoms with Gasteiger partial charge >= 0.3 is 0 Å². The van der Waals surface area contributed by atoms with E-state index in [2.05, 4.69) is 18.8 Å². The van der Waals surface area contributed by atoms with Gasteiger partial charge in [0.15, 0.2) is 0 Å². The standard InChI is InChI=1S/C15H11ClF3N3.C3H8/c16-8-1-3-12-10(5-8)15(20)21-11-6-9(17)2-4-13(11)22(12)7-14(18)19;1-3-2/h1-6,14H,7H2,(H2,20,21);3H2,1-2H3. The van der Waals surface area contributed by atoms with Crippen molar-refractivity contribution in [2.75, 3.05) is 11.4 Å². The van der Waals surface area contributed by atoms with Crippen LogP contribution in [-0.2, 0) is 0 Å². The van der Waals surface area contributed by atoms with E-state index in [1.165, 1.54) is 23.5 Å². The van der Waals surface area contributed by atoms with Crippen molar-refractivity contribution in [3.63, 3.8) is 0 Å². The number of benzene rings is 2. The lowest BCUT2D eigenvalue weighted by Gasteiger charge is -2.26. The molecule has 0 unspecified atom stereocenters. The fourth-order valence-electron chi connectivity index (χ4n) is 2.42. The Morgan fingerprint density at radius 1 is 1.12 bits per heavy atom. The van der Waals surface area contributed by atoms with Gasteiger partial charge < -0.3 is 10.6 Å². The van der Waals surface area contributed by atoms with Crippen LogP contribution in [0.4, 0.5) is 30.2 Å². The van der Waals surface area contributed by atoms with Crippen LogP contribution in [-0.4, -0.2) is 18.8 Å². The van der Waals surface area contributed by atoms with Crippen molar-refractivity contribution < 1.29 is 13.2 Å². The number of amidine groups is 1. The molecular weight excluding hydrogens is 351 g/mol. The van der Waals surface area contributed by atoms with E-state index in [0.717, 1.165) is 6.07 Å². The largest absolute Gasteiger partial charge is 0.383 e. The van der Waals surface area contributed by atoms with Crippen molar-refractivity contribution in [3.8, 4) is 0 Å². The first-order valence-electron chi connectivity index (χ1n) is 7.86. The number of hydrogen-bond acceptors (Lipinski definition) is 3. The van der Waals surface area contributed by atoms with E-state index >= 15 is 0 Å². The van der Waals surface area contributed by atoms with Gasteiger partial charge in [-0.25, -0.2) is 18.2 Å². The molecule has 0 atom stereocenters. The Morgan fingerprint density at radius 3 is 2.40 bits per heavy atom. The second kappa shape index (κ2) is 8.25. The summed E-state index contributed by atoms with van der Waals surface area (Å²) >= 11 is 5.95. The number of halogens is 4. The molecule has 0 amide bonds. The third-order valence-corrected chi connectivity index (χ3v) is 3.55. The number of hydrogen-bond donors (Lipinski definition) is 1. The molecule has 3 nitrogen and oxygen atoms in total. The summed E-state index contributed by atoms with van der Waals surface area (Å²) in [6, 6.07) is 8.50. The first kappa shape index (κ1) is 19.1. The van der Waals surface area contributed by atoms with E-state index in [1.54, 1.807) is 18.2 Å². The summed E-state index contributed by atoms with van der Waals surface area (Å²) in [5.41, 5.74) is 7.38. The molecule has 7 heteroatoms. The van der Waals surface area contributed by atoms with Crippen molar-refractivity contribution in [2.24, 2.45) is 10.7 Å². The Labute approximate surface area is 149 Å². The molecule has 0 aromatic heterocycles. The fourth-order valence-corrected chi connectivity index (χ4v) is 2.59. The van der Waals surface area contributed by atoms with E-state index in [-0.39, 0.29) is 11.5 Å². The van der Waals surface area contributed by atoms with Crippen LogP contribution >= 0.6 is 11.6 Å². The minimum atomic E-state index is -2.58. The van der Waals surface area contributed by atoms with Crippen LogP contribution in [0, 0.1) is 5.82 Å². The molecule has 25 heavy (non-hydrogen) atoms. The summed E-state index contributed by atoms with van der Waals surface area (Å²) < 4.78 is 39.4. The number of anilines is 2. The lowest BCUT2D eigenvalue weighted by molar-refractivity contribution is 0.158. The van der Waals surface area contributed by atoms with E-state index in [9.17, 15) is 13.2 Å². The molecular formula is C18H19ClF3N3. The quantitative estimate of drug-likeness (QED) is 0.743. The summed E-state index contributed by atoms with van der Waals surface area (Å²) in [6.45, 7) is 3.69. The minimum Gasteiger partial charge on any atom is -0.383 e. The van der Waals surface area contributed by atoms with Crippen LogP contribution in [0.1, 0.15) is 25.8 Å². The van der Waals surface area contributed by atoms with E-state index < -0.39 is 18.8 Å². The molecule has 134 valence electrons. The third kappa shape index (κ3) is 4.45. The highest BCUT2D eigenvalue weighted by Gasteiger charge is 2.25. The van der Waals surface area contributed by atoms with Crippen LogP contribution in [0.2, 0.25) is 5.02 Å². The molecule has 0 saturated heterocycles. The summed E-state index contributed by atoms with van der Waals surface area (Å²) in [5.74, 6) is -0.419. The molecule has 0 fully saturated rings. The topological polar surface area (TPSA) is 41.6 Å². The lowest BCUT2D eigenvalue weighted by atomic mass is 10.1. The normalized spacial score (nSPS) is 12.6. The molecule has 0 radical (unpaired) electrons. The van der Waals surface area contributed by atoms with Crippen LogP contribution in [0.3, 0.4) is 0 Å². The smallest absolute Gasteiger partial charge is 0.256 e. The molecule has 3 rings (SSSR count). The molecule has 1 aliphatic rings. The highest BCUT2D eigenvalue weighted by atomic mass is 35.5. The number of nitrogens with zero attached hydrogens (tertiary/aromatic N) is 2. The highest BCUT2D eigenvalue weighted by Crippen LogP contribution is 2.40. The van der Waals surface area contributed by atoms with Crippen LogP contribution in [0.5, 0.6) is 0 Å². The zero-order valence-electron chi connectivity index (χ0n) is 13.9. The maximum absolute atomic E-state index is 13.4. The van der Waals surface area contributed by atoms with Crippen molar-refractivity contribution in [1.29, 1.82) is 0 Å². The second-order valence-corrected chi connectivity index (χ2v) is 5.94. The first-order valence-corrected chi connectivity index (χ1v) is 8.24. The maximum Gasteiger partial charge on any atom is 0.256 e. The molecule has 2 aromatic rings. The van der Waals surface area contributed by atoms with Crippen molar-refractivity contribution in [2.45, 2.75) is 26.7 Å². The number of alkyl halides is 2. The molecule has 1 heterocycles. The van der Waals surface area contributed by atoms with Gasteiger partial charge in [-0.2, -0.15) is 0 Å². The minimum absolute atomic E-state index is 0.0983. The second-order valence-electron chi connectivity index (χ2n) is 5.50. The van der Waals surface area contributed by atoms with Crippen molar-refractivity contribution >= 4 is 34.5 Å². The molecule has 1 aliphatic heterocycles. The average Bonchev–Trinajstić information content (AvgIpc) is 2.63. The molecule has 2 N–H and O–H groups in total. The molecule has 0 bridgehead atoms. The highest BCUT2D eigenvalue weighted by molar-refractivity contribution is 6.31. The maximum atomic E-state index is 13.4. The molecule has 0 saturated carbocycles. The van der Waals surface area contributed by atoms with Gasteiger partial charge in [-0.15, -0.1) is 0 Å². The molecule has 0 aliphatic carbocycles. The van der Waals surface area contributed by atoms with Gasteiger partial charge in [0.25, 0.3) is 6.43 Å². The third-order valence-electron chi connectivity index (χ3n) is 3.32. The summed E-state index contributed by atoms with van der Waals surface area (Å²) in [4.78, 5) is 5.52. The molecule has 2 aromatic carbocycles. The number of aliphatic imine (C=N–C) groups is 1.